The highest BCUT2D eigenvalue weighted by molar-refractivity contribution is 6.07. The maximum atomic E-state index is 12.7. The van der Waals surface area contributed by atoms with E-state index < -0.39 is 5.91 Å². The van der Waals surface area contributed by atoms with E-state index in [9.17, 15) is 9.59 Å². The maximum absolute atomic E-state index is 12.7. The van der Waals surface area contributed by atoms with Gasteiger partial charge in [0.15, 0.2) is 11.5 Å². The standard InChI is InChI=1S/C23H28N4O5/c1-5-27-13-19(21(26-27)23(29)24-12-15(2)3)25-22(28)20-10-9-18(32-20)14-31-17-8-6-7-16(11-17)30-4/h6-11,13,15H,5,12,14H2,1-4H3,(H,24,29)(H,25,28). The molecule has 9 heteroatoms. The Morgan fingerprint density at radius 3 is 2.66 bits per heavy atom. The third kappa shape index (κ3) is 5.90. The number of benzene rings is 1. The number of hydrogen-bond donors (Lipinski definition) is 2. The van der Waals surface area contributed by atoms with Crippen LogP contribution in [0.3, 0.4) is 0 Å². The molecule has 0 saturated heterocycles. The molecule has 0 radical (unpaired) electrons. The molecule has 0 aliphatic heterocycles. The second-order valence-electron chi connectivity index (χ2n) is 7.54. The lowest BCUT2D eigenvalue weighted by Crippen LogP contribution is -2.28. The number of carbonyl (C=O) groups excluding carboxylic acids is 2. The number of amides is 2. The second kappa shape index (κ2) is 10.5. The van der Waals surface area contributed by atoms with Gasteiger partial charge in [-0.15, -0.1) is 0 Å². The quantitative estimate of drug-likeness (QED) is 0.498. The molecule has 1 aromatic carbocycles. The number of hydrogen-bond acceptors (Lipinski definition) is 6. The Bertz CT molecular complexity index is 1070. The average Bonchev–Trinajstić information content (AvgIpc) is 3.43. The summed E-state index contributed by atoms with van der Waals surface area (Å²) < 4.78 is 18.1. The normalized spacial score (nSPS) is 10.8. The minimum Gasteiger partial charge on any atom is -0.497 e. The van der Waals surface area contributed by atoms with E-state index in [1.807, 2.05) is 32.9 Å². The third-order valence-electron chi connectivity index (χ3n) is 4.53. The van der Waals surface area contributed by atoms with Crippen molar-refractivity contribution in [3.63, 3.8) is 0 Å². The van der Waals surface area contributed by atoms with Gasteiger partial charge in [-0.2, -0.15) is 5.10 Å². The number of carbonyl (C=O) groups is 2. The van der Waals surface area contributed by atoms with Gasteiger partial charge >= 0.3 is 0 Å². The van der Waals surface area contributed by atoms with E-state index in [0.29, 0.717) is 42.0 Å². The fourth-order valence-electron chi connectivity index (χ4n) is 2.83. The molecule has 0 aliphatic rings. The zero-order valence-electron chi connectivity index (χ0n) is 18.7. The van der Waals surface area contributed by atoms with Crippen LogP contribution in [0.5, 0.6) is 11.5 Å². The summed E-state index contributed by atoms with van der Waals surface area (Å²) in [5, 5.41) is 9.80. The highest BCUT2D eigenvalue weighted by Gasteiger charge is 2.20. The van der Waals surface area contributed by atoms with E-state index in [-0.39, 0.29) is 24.0 Å². The van der Waals surface area contributed by atoms with Gasteiger partial charge in [0.05, 0.1) is 12.8 Å². The summed E-state index contributed by atoms with van der Waals surface area (Å²) in [6, 6.07) is 10.4. The van der Waals surface area contributed by atoms with Crippen molar-refractivity contribution in [3.05, 3.63) is 59.8 Å². The average molecular weight is 441 g/mol. The van der Waals surface area contributed by atoms with Gasteiger partial charge in [0.1, 0.15) is 23.9 Å². The smallest absolute Gasteiger partial charge is 0.291 e. The van der Waals surface area contributed by atoms with Crippen molar-refractivity contribution in [1.82, 2.24) is 15.1 Å². The fraction of sp³-hybridized carbons (Fsp3) is 0.348. The molecule has 0 atom stereocenters. The monoisotopic (exact) mass is 440 g/mol. The molecule has 170 valence electrons. The van der Waals surface area contributed by atoms with Crippen LogP contribution in [-0.2, 0) is 13.2 Å². The van der Waals surface area contributed by atoms with Crippen molar-refractivity contribution in [2.45, 2.75) is 33.9 Å². The molecule has 0 bridgehead atoms. The van der Waals surface area contributed by atoms with E-state index in [0.717, 1.165) is 0 Å². The van der Waals surface area contributed by atoms with Crippen molar-refractivity contribution >= 4 is 17.5 Å². The van der Waals surface area contributed by atoms with Gasteiger partial charge in [-0.3, -0.25) is 14.3 Å². The number of aromatic nitrogens is 2. The van der Waals surface area contributed by atoms with Crippen LogP contribution in [0.25, 0.3) is 0 Å². The summed E-state index contributed by atoms with van der Waals surface area (Å²) in [4.78, 5) is 25.2. The van der Waals surface area contributed by atoms with Crippen LogP contribution in [0.1, 0.15) is 47.6 Å². The van der Waals surface area contributed by atoms with Crippen molar-refractivity contribution in [3.8, 4) is 11.5 Å². The lowest BCUT2D eigenvalue weighted by molar-refractivity contribution is 0.0944. The lowest BCUT2D eigenvalue weighted by Gasteiger charge is -2.07. The molecule has 0 aliphatic carbocycles. The van der Waals surface area contributed by atoms with Gasteiger partial charge in [0, 0.05) is 25.4 Å². The lowest BCUT2D eigenvalue weighted by atomic mass is 10.2. The molecule has 32 heavy (non-hydrogen) atoms. The summed E-state index contributed by atoms with van der Waals surface area (Å²) in [6.45, 7) is 7.12. The van der Waals surface area contributed by atoms with Gasteiger partial charge < -0.3 is 24.5 Å². The number of furan rings is 1. The van der Waals surface area contributed by atoms with Crippen molar-refractivity contribution in [2.75, 3.05) is 19.0 Å². The van der Waals surface area contributed by atoms with Gasteiger partial charge in [-0.1, -0.05) is 19.9 Å². The Hall–Kier alpha value is -3.75. The molecule has 2 amide bonds. The number of ether oxygens (including phenoxy) is 2. The molecule has 0 fully saturated rings. The highest BCUT2D eigenvalue weighted by atomic mass is 16.5. The Kier molecular flexibility index (Phi) is 7.54. The molecule has 3 rings (SSSR count). The molecule has 0 saturated carbocycles. The van der Waals surface area contributed by atoms with Crippen molar-refractivity contribution in [1.29, 1.82) is 0 Å². The van der Waals surface area contributed by atoms with Crippen LogP contribution in [0, 0.1) is 5.92 Å². The molecule has 9 nitrogen and oxygen atoms in total. The van der Waals surface area contributed by atoms with Crippen LogP contribution in [-0.4, -0.2) is 35.2 Å². The minimum atomic E-state index is -0.480. The Balaban J connectivity index is 1.65. The summed E-state index contributed by atoms with van der Waals surface area (Å²) in [5.41, 5.74) is 0.484. The van der Waals surface area contributed by atoms with Crippen molar-refractivity contribution in [2.24, 2.45) is 5.92 Å². The first-order chi connectivity index (χ1) is 15.4. The SMILES string of the molecule is CCn1cc(NC(=O)c2ccc(COc3cccc(OC)c3)o2)c(C(=O)NCC(C)C)n1. The number of anilines is 1. The van der Waals surface area contributed by atoms with Crippen LogP contribution in [0.15, 0.2) is 47.0 Å². The van der Waals surface area contributed by atoms with Crippen LogP contribution in [0.2, 0.25) is 0 Å². The van der Waals surface area contributed by atoms with Crippen LogP contribution >= 0.6 is 0 Å². The number of nitrogens with one attached hydrogen (secondary N) is 2. The summed E-state index contributed by atoms with van der Waals surface area (Å²) in [7, 11) is 1.58. The van der Waals surface area contributed by atoms with Crippen LogP contribution < -0.4 is 20.1 Å². The Morgan fingerprint density at radius 2 is 1.94 bits per heavy atom. The molecule has 0 unspecified atom stereocenters. The topological polar surface area (TPSA) is 108 Å². The molecule has 0 spiro atoms. The van der Waals surface area contributed by atoms with Gasteiger partial charge in [-0.25, -0.2) is 0 Å². The zero-order valence-corrected chi connectivity index (χ0v) is 18.7. The number of methoxy groups -OCH3 is 1. The Morgan fingerprint density at radius 1 is 1.16 bits per heavy atom. The van der Waals surface area contributed by atoms with E-state index >= 15 is 0 Å². The highest BCUT2D eigenvalue weighted by Crippen LogP contribution is 2.21. The number of nitrogens with zero attached hydrogens (tertiary/aromatic N) is 2. The summed E-state index contributed by atoms with van der Waals surface area (Å²) in [6.07, 6.45) is 1.62. The van der Waals surface area contributed by atoms with Gasteiger partial charge in [0.25, 0.3) is 11.8 Å². The molecule has 2 heterocycles. The fourth-order valence-corrected chi connectivity index (χ4v) is 2.83. The second-order valence-corrected chi connectivity index (χ2v) is 7.54. The third-order valence-corrected chi connectivity index (χ3v) is 4.53. The van der Waals surface area contributed by atoms with E-state index in [1.54, 1.807) is 42.3 Å². The predicted molar refractivity (Wildman–Crippen MR) is 119 cm³/mol. The molecular weight excluding hydrogens is 412 g/mol. The predicted octanol–water partition coefficient (Wildman–Crippen LogP) is 3.72. The maximum Gasteiger partial charge on any atom is 0.291 e. The first-order valence-electron chi connectivity index (χ1n) is 10.4. The van der Waals surface area contributed by atoms with Gasteiger partial charge in [-0.05, 0) is 37.1 Å². The van der Waals surface area contributed by atoms with E-state index in [4.69, 9.17) is 13.9 Å². The van der Waals surface area contributed by atoms with Crippen molar-refractivity contribution < 1.29 is 23.5 Å². The Labute approximate surface area is 186 Å². The minimum absolute atomic E-state index is 0.104. The zero-order chi connectivity index (χ0) is 23.1. The number of rotatable bonds is 10. The molecule has 3 aromatic rings. The molecular formula is C23H28N4O5. The first-order valence-corrected chi connectivity index (χ1v) is 10.4. The van der Waals surface area contributed by atoms with E-state index in [2.05, 4.69) is 15.7 Å². The van der Waals surface area contributed by atoms with E-state index in [1.165, 1.54) is 0 Å². The summed E-state index contributed by atoms with van der Waals surface area (Å²) in [5.74, 6) is 1.37. The summed E-state index contributed by atoms with van der Waals surface area (Å²) >= 11 is 0. The molecule has 2 N–H and O–H groups in total. The van der Waals surface area contributed by atoms with Crippen LogP contribution in [0.4, 0.5) is 5.69 Å². The number of aryl methyl sites for hydroxylation is 1. The van der Waals surface area contributed by atoms with Gasteiger partial charge in [0.2, 0.25) is 0 Å². The first kappa shape index (κ1) is 22.9. The molecule has 2 aromatic heterocycles. The largest absolute Gasteiger partial charge is 0.497 e.